The molecule has 2 aromatic rings. The fraction of sp³-hybridized carbons (Fsp3) is 0.587. The molecule has 6 rings (SSSR count). The number of alkyl halides is 8. The molecule has 2 aromatic carbocycles. The van der Waals surface area contributed by atoms with E-state index in [1.807, 2.05) is 30.9 Å². The number of anilines is 1. The molecule has 7 N–H and O–H groups in total. The first-order valence-corrected chi connectivity index (χ1v) is 23.8. The minimum atomic E-state index is -4.02. The van der Waals surface area contributed by atoms with E-state index in [0.29, 0.717) is 47.9 Å². The maximum absolute atomic E-state index is 15.1. The van der Waals surface area contributed by atoms with Gasteiger partial charge in [-0.25, -0.2) is 40.5 Å². The summed E-state index contributed by atoms with van der Waals surface area (Å²) >= 11 is 12.5. The van der Waals surface area contributed by atoms with E-state index in [2.05, 4.69) is 37.2 Å². The van der Waals surface area contributed by atoms with Crippen molar-refractivity contribution in [2.24, 2.45) is 17.4 Å². The van der Waals surface area contributed by atoms with Gasteiger partial charge in [-0.1, -0.05) is 58.4 Å². The van der Waals surface area contributed by atoms with Gasteiger partial charge in [0.25, 0.3) is 18.3 Å². The number of rotatable bonds is 19. The third-order valence-corrected chi connectivity index (χ3v) is 13.5. The Kier molecular flexibility index (Phi) is 20.0. The SMILES string of the molecule is CC.CC(C1=C(NCC(=O)N[C@H](C/C(=C\C=C(/N)CCC(C)(C)SC2CC2)c2ccc(Cl)c3c2N(CC(F)F)NC3N)Cc2cc(F)cc(F)c2)C(F)(F)CCC1(F)F)C(F)F.SC1CC1. The average Bonchev–Trinajstić information content (AvgIpc) is 4.16. The highest BCUT2D eigenvalue weighted by Crippen LogP contribution is 2.49. The van der Waals surface area contributed by atoms with Gasteiger partial charge in [0.15, 0.2) is 0 Å². The second kappa shape index (κ2) is 23.8. The number of thioether (sulfide) groups is 1. The maximum atomic E-state index is 15.1. The van der Waals surface area contributed by atoms with E-state index < -0.39 is 97.6 Å². The lowest BCUT2D eigenvalue weighted by Gasteiger charge is -2.36. The highest BCUT2D eigenvalue weighted by Gasteiger charge is 2.53. The minimum Gasteiger partial charge on any atom is -0.402 e. The van der Waals surface area contributed by atoms with Gasteiger partial charge in [0.2, 0.25) is 12.3 Å². The summed E-state index contributed by atoms with van der Waals surface area (Å²) in [4.78, 5) is 13.6. The molecule has 0 saturated heterocycles. The molecular weight excluding hydrogens is 942 g/mol. The number of amides is 1. The van der Waals surface area contributed by atoms with Crippen LogP contribution in [0.2, 0.25) is 5.02 Å². The highest BCUT2D eigenvalue weighted by atomic mass is 35.5. The molecule has 3 aliphatic carbocycles. The summed E-state index contributed by atoms with van der Waals surface area (Å²) in [7, 11) is 0. The Morgan fingerprint density at radius 3 is 2.18 bits per heavy atom. The zero-order chi connectivity index (χ0) is 49.3. The zero-order valence-corrected chi connectivity index (χ0v) is 40.1. The molecule has 0 spiro atoms. The van der Waals surface area contributed by atoms with E-state index in [0.717, 1.165) is 35.2 Å². The number of fused-ring (bicyclic) bond motifs is 1. The maximum Gasteiger partial charge on any atom is 0.287 e. The highest BCUT2D eigenvalue weighted by molar-refractivity contribution is 8.01. The van der Waals surface area contributed by atoms with Gasteiger partial charge in [0, 0.05) is 73.5 Å². The molecule has 0 aromatic heterocycles. The fourth-order valence-corrected chi connectivity index (χ4v) is 9.46. The number of hydrogen-bond acceptors (Lipinski definition) is 8. The molecule has 66 heavy (non-hydrogen) atoms. The van der Waals surface area contributed by atoms with Gasteiger partial charge in [-0.3, -0.25) is 9.80 Å². The first kappa shape index (κ1) is 55.3. The van der Waals surface area contributed by atoms with E-state index in [1.54, 1.807) is 12.2 Å². The second-order valence-electron chi connectivity index (χ2n) is 17.3. The Hall–Kier alpha value is -3.26. The molecule has 2 fully saturated rings. The molecule has 20 heteroatoms. The van der Waals surface area contributed by atoms with Crippen molar-refractivity contribution in [2.75, 3.05) is 18.1 Å². The predicted octanol–water partition coefficient (Wildman–Crippen LogP) is 11.9. The molecule has 0 bridgehead atoms. The number of nitrogens with zero attached hydrogens (tertiary/aromatic N) is 1. The number of hydrazine groups is 1. The normalized spacial score (nSPS) is 20.3. The van der Waals surface area contributed by atoms with Crippen LogP contribution in [0.1, 0.15) is 115 Å². The summed E-state index contributed by atoms with van der Waals surface area (Å²) in [5.41, 5.74) is 14.2. The Bertz CT molecular complexity index is 2040. The minimum absolute atomic E-state index is 0.0501. The number of nitrogens with two attached hydrogens (primary N) is 2. The van der Waals surface area contributed by atoms with Crippen LogP contribution < -0.4 is 32.5 Å². The third-order valence-electron chi connectivity index (χ3n) is 11.1. The van der Waals surface area contributed by atoms with Crippen LogP contribution in [0.25, 0.3) is 5.57 Å². The largest absolute Gasteiger partial charge is 0.402 e. The van der Waals surface area contributed by atoms with Crippen LogP contribution in [-0.4, -0.2) is 65.0 Å². The number of nitrogens with one attached hydrogen (secondary N) is 3. The predicted molar refractivity (Wildman–Crippen MR) is 248 cm³/mol. The van der Waals surface area contributed by atoms with Crippen LogP contribution >= 0.6 is 36.0 Å². The summed E-state index contributed by atoms with van der Waals surface area (Å²) in [6.07, 6.45) is -1.13. The lowest BCUT2D eigenvalue weighted by molar-refractivity contribution is -0.121. The Morgan fingerprint density at radius 2 is 1.62 bits per heavy atom. The van der Waals surface area contributed by atoms with Crippen molar-refractivity contribution < 1.29 is 48.7 Å². The van der Waals surface area contributed by atoms with E-state index in [4.69, 9.17) is 23.1 Å². The van der Waals surface area contributed by atoms with Gasteiger partial charge >= 0.3 is 0 Å². The number of carbonyl (C=O) groups excluding carboxylic acids is 1. The monoisotopic (exact) mass is 1000 g/mol. The molecule has 0 radical (unpaired) electrons. The average molecular weight is 1000 g/mol. The second-order valence-corrected chi connectivity index (χ2v) is 20.5. The fourth-order valence-electron chi connectivity index (χ4n) is 7.55. The van der Waals surface area contributed by atoms with Crippen LogP contribution in [0, 0.1) is 17.6 Å². The van der Waals surface area contributed by atoms with Crippen molar-refractivity contribution in [3.63, 3.8) is 0 Å². The van der Waals surface area contributed by atoms with Crippen LogP contribution in [-0.2, 0) is 11.2 Å². The van der Waals surface area contributed by atoms with Gasteiger partial charge in [0.1, 0.15) is 17.8 Å². The van der Waals surface area contributed by atoms with E-state index in [9.17, 15) is 39.9 Å². The summed E-state index contributed by atoms with van der Waals surface area (Å²) in [6, 6.07) is 4.52. The first-order chi connectivity index (χ1) is 30.9. The number of halogens is 11. The molecule has 7 nitrogen and oxygen atoms in total. The van der Waals surface area contributed by atoms with E-state index in [-0.39, 0.29) is 39.4 Å². The Morgan fingerprint density at radius 1 is 1.02 bits per heavy atom. The number of hydrogen-bond donors (Lipinski definition) is 6. The van der Waals surface area contributed by atoms with Gasteiger partial charge in [-0.15, -0.1) is 0 Å². The van der Waals surface area contributed by atoms with Gasteiger partial charge < -0.3 is 22.1 Å². The van der Waals surface area contributed by atoms with Crippen molar-refractivity contribution in [3.8, 4) is 0 Å². The van der Waals surface area contributed by atoms with Crippen molar-refractivity contribution >= 4 is 53.2 Å². The molecule has 2 saturated carbocycles. The summed E-state index contributed by atoms with van der Waals surface area (Å²) in [5.74, 6) is -13.3. The molecule has 370 valence electrons. The van der Waals surface area contributed by atoms with Gasteiger partial charge in [-0.05, 0) is 86.8 Å². The lowest BCUT2D eigenvalue weighted by atomic mass is 9.83. The number of allylic oxidation sites excluding steroid dienone is 5. The molecule has 3 atom stereocenters. The van der Waals surface area contributed by atoms with Gasteiger partial charge in [0.05, 0.1) is 24.5 Å². The third kappa shape index (κ3) is 16.2. The van der Waals surface area contributed by atoms with Crippen LogP contribution in [0.5, 0.6) is 0 Å². The molecule has 1 heterocycles. The van der Waals surface area contributed by atoms with E-state index in [1.165, 1.54) is 25.0 Å². The molecule has 4 aliphatic rings. The number of thiol groups is 1. The lowest BCUT2D eigenvalue weighted by Crippen LogP contribution is -2.47. The van der Waals surface area contributed by atoms with Crippen LogP contribution in [0.3, 0.4) is 0 Å². The first-order valence-electron chi connectivity index (χ1n) is 22.0. The van der Waals surface area contributed by atoms with Crippen molar-refractivity contribution in [1.82, 2.24) is 16.1 Å². The molecule has 2 unspecified atom stereocenters. The standard InChI is InChI=1S/C41H49ClF10N6OS.C3H6S.C2H6/c1-21(37(47)48)34-36(41(51,52)13-12-40(34,49)50)55-19-32(59)56-27(16-22-14-24(43)18-25(44)15-22)17-23(4-5-26(53)10-11-39(2,3)60-28-6-7-28)29-8-9-30(42)33-35(29)58(20-31(45)46)57-38(33)54;4-3-1-2-3;1-2/h4-5,8-9,14-15,18,21,27-28,31,37-38,55,57H,6-7,10-13,16-17,19-20,53-54H2,1-3H3,(H,56,59);3-4H,1-2H2;1-2H3/b23-4+,26-5-;;/t21?,27-,38?;;/m0../s1. The van der Waals surface area contributed by atoms with Crippen LogP contribution in [0.15, 0.2) is 59.5 Å². The Labute approximate surface area is 395 Å². The smallest absolute Gasteiger partial charge is 0.287 e. The Balaban J connectivity index is 0.00000148. The quantitative estimate of drug-likeness (QED) is 0.0473. The molecule has 1 aliphatic heterocycles. The van der Waals surface area contributed by atoms with E-state index >= 15 is 8.78 Å². The summed E-state index contributed by atoms with van der Waals surface area (Å²) in [5, 5.41) is 7.26. The van der Waals surface area contributed by atoms with Crippen molar-refractivity contribution in [3.05, 3.63) is 92.8 Å². The summed E-state index contributed by atoms with van der Waals surface area (Å²) in [6.45, 7) is 7.03. The topological polar surface area (TPSA) is 108 Å². The molecular formula is C46H61ClF10N6OS2. The van der Waals surface area contributed by atoms with Crippen molar-refractivity contribution in [2.45, 2.75) is 151 Å². The van der Waals surface area contributed by atoms with Crippen molar-refractivity contribution in [1.29, 1.82) is 0 Å². The summed E-state index contributed by atoms with van der Waals surface area (Å²) < 4.78 is 144. The molecule has 1 amide bonds. The number of benzene rings is 2. The number of carbonyl (C=O) groups is 1. The van der Waals surface area contributed by atoms with Crippen LogP contribution in [0.4, 0.5) is 49.6 Å². The van der Waals surface area contributed by atoms with Gasteiger partial charge in [-0.2, -0.15) is 33.2 Å². The zero-order valence-electron chi connectivity index (χ0n) is 37.6.